The number of nitrogens with one attached hydrogen (secondary N) is 3. The summed E-state index contributed by atoms with van der Waals surface area (Å²) in [7, 11) is 3.00. The first-order valence-electron chi connectivity index (χ1n) is 12.5. The predicted octanol–water partition coefficient (Wildman–Crippen LogP) is 0.439. The number of hydrogen-bond donors (Lipinski definition) is 4. The van der Waals surface area contributed by atoms with E-state index in [1.807, 2.05) is 4.90 Å². The van der Waals surface area contributed by atoms with Gasteiger partial charge in [0.15, 0.2) is 10.8 Å². The summed E-state index contributed by atoms with van der Waals surface area (Å²) in [5, 5.41) is 20.1. The number of anilines is 1. The Hall–Kier alpha value is -2.42. The molecule has 0 bridgehead atoms. The molecular formula is C24H36Cl2N6O6S. The summed E-state index contributed by atoms with van der Waals surface area (Å²) in [5.74, 6) is -2.52. The zero-order valence-corrected chi connectivity index (χ0v) is 25.0. The third-order valence-electron chi connectivity index (χ3n) is 5.92. The molecule has 12 nitrogen and oxygen atoms in total. The lowest BCUT2D eigenvalue weighted by molar-refractivity contribution is -0.648. The molecular weight excluding hydrogens is 571 g/mol. The zero-order chi connectivity index (χ0) is 29.1. The first-order chi connectivity index (χ1) is 18.6. The largest absolute Gasteiger partial charge is 0.544 e. The number of rotatable bonds is 11. The number of carbonyl (C=O) groups is 3. The first kappa shape index (κ1) is 32.8. The second-order valence-corrected chi connectivity index (χ2v) is 10.4. The van der Waals surface area contributed by atoms with Crippen molar-refractivity contribution < 1.29 is 34.3 Å². The van der Waals surface area contributed by atoms with Crippen LogP contribution < -0.4 is 26.0 Å². The number of aromatic nitrogens is 2. The summed E-state index contributed by atoms with van der Waals surface area (Å²) in [5.41, 5.74) is 0.544. The maximum atomic E-state index is 12.7. The molecule has 2 aromatic heterocycles. The molecule has 15 heteroatoms. The fraction of sp³-hybridized carbons (Fsp3) is 0.583. The minimum Gasteiger partial charge on any atom is -0.544 e. The van der Waals surface area contributed by atoms with E-state index < -0.39 is 23.9 Å². The van der Waals surface area contributed by atoms with Crippen LogP contribution in [0, 0.1) is 6.92 Å². The standard InChI is InChI=1S/C20H25Cl2N5O6S.C4H11N/c1-9-12(21)13(22)14(24-9)18(29)25-10-4-6-27(8-11(10)33-3)20-26-15(16(34-20)19(30)31)17(28)23-5-7-32-2;1-3-5-4-2/h10-11,24H,4-8H2,1-3H3,(H,23,28)(H,25,29)(H,30,31);5H,3-4H2,1-2H3/t10-,11+;/m1./s1. The maximum Gasteiger partial charge on any atom is 0.271 e. The van der Waals surface area contributed by atoms with Gasteiger partial charge >= 0.3 is 0 Å². The Morgan fingerprint density at radius 2 is 1.90 bits per heavy atom. The summed E-state index contributed by atoms with van der Waals surface area (Å²) < 4.78 is 10.5. The third kappa shape index (κ3) is 8.78. The summed E-state index contributed by atoms with van der Waals surface area (Å²) >= 11 is 13.1. The lowest BCUT2D eigenvalue weighted by Crippen LogP contribution is -2.82. The van der Waals surface area contributed by atoms with Gasteiger partial charge in [-0.15, -0.1) is 0 Å². The van der Waals surface area contributed by atoms with E-state index in [0.717, 1.165) is 11.3 Å². The van der Waals surface area contributed by atoms with Crippen molar-refractivity contribution in [2.24, 2.45) is 0 Å². The number of ether oxygens (including phenoxy) is 2. The number of piperidine rings is 1. The van der Waals surface area contributed by atoms with Crippen LogP contribution in [-0.4, -0.2) is 93.4 Å². The van der Waals surface area contributed by atoms with Crippen LogP contribution in [0.15, 0.2) is 0 Å². The first-order valence-corrected chi connectivity index (χ1v) is 14.1. The molecule has 5 N–H and O–H groups in total. The Kier molecular flexibility index (Phi) is 13.4. The monoisotopic (exact) mass is 606 g/mol. The number of methoxy groups -OCH3 is 2. The van der Waals surface area contributed by atoms with E-state index in [4.69, 9.17) is 32.7 Å². The van der Waals surface area contributed by atoms with Crippen LogP contribution in [0.25, 0.3) is 0 Å². The molecule has 1 saturated heterocycles. The number of quaternary nitrogens is 1. The van der Waals surface area contributed by atoms with Crippen LogP contribution in [0.5, 0.6) is 0 Å². The molecule has 0 aliphatic carbocycles. The Labute approximate surface area is 241 Å². The van der Waals surface area contributed by atoms with Crippen molar-refractivity contribution in [1.82, 2.24) is 20.6 Å². The van der Waals surface area contributed by atoms with E-state index in [1.54, 1.807) is 6.92 Å². The highest BCUT2D eigenvalue weighted by atomic mass is 35.5. The Bertz CT molecular complexity index is 1130. The van der Waals surface area contributed by atoms with E-state index in [9.17, 15) is 19.5 Å². The molecule has 1 fully saturated rings. The molecule has 0 aromatic carbocycles. The van der Waals surface area contributed by atoms with Crippen molar-refractivity contribution in [3.05, 3.63) is 32.0 Å². The average Bonchev–Trinajstić information content (AvgIpc) is 3.48. The average molecular weight is 608 g/mol. The van der Waals surface area contributed by atoms with Gasteiger partial charge in [0.25, 0.3) is 11.8 Å². The number of hydrogen-bond acceptors (Lipinski definition) is 9. The van der Waals surface area contributed by atoms with E-state index in [1.165, 1.54) is 27.3 Å². The van der Waals surface area contributed by atoms with Crippen molar-refractivity contribution in [2.45, 2.75) is 39.3 Å². The number of aryl methyl sites for hydroxylation is 1. The fourth-order valence-electron chi connectivity index (χ4n) is 3.84. The minimum atomic E-state index is -1.48. The lowest BCUT2D eigenvalue weighted by Gasteiger charge is -2.37. The number of nitrogens with two attached hydrogens (primary N) is 1. The van der Waals surface area contributed by atoms with Gasteiger partial charge in [0.1, 0.15) is 5.69 Å². The van der Waals surface area contributed by atoms with Crippen LogP contribution in [-0.2, 0) is 9.47 Å². The van der Waals surface area contributed by atoms with Gasteiger partial charge < -0.3 is 45.2 Å². The third-order valence-corrected chi connectivity index (χ3v) is 7.96. The molecule has 1 aliphatic heterocycles. The van der Waals surface area contributed by atoms with Crippen LogP contribution in [0.2, 0.25) is 10.0 Å². The van der Waals surface area contributed by atoms with Crippen molar-refractivity contribution >= 4 is 57.5 Å². The van der Waals surface area contributed by atoms with Crippen LogP contribution >= 0.6 is 34.5 Å². The molecule has 0 unspecified atom stereocenters. The summed E-state index contributed by atoms with van der Waals surface area (Å²) in [6, 6.07) is -0.343. The smallest absolute Gasteiger partial charge is 0.271 e. The number of aromatic amines is 1. The fourth-order valence-corrected chi connectivity index (χ4v) is 5.19. The molecule has 0 saturated carbocycles. The highest BCUT2D eigenvalue weighted by Crippen LogP contribution is 2.31. The van der Waals surface area contributed by atoms with Gasteiger partial charge in [-0.2, -0.15) is 0 Å². The van der Waals surface area contributed by atoms with E-state index in [0.29, 0.717) is 35.4 Å². The number of halogens is 2. The molecule has 2 aromatic rings. The van der Waals surface area contributed by atoms with Gasteiger partial charge in [-0.25, -0.2) is 4.98 Å². The van der Waals surface area contributed by atoms with Crippen LogP contribution in [0.3, 0.4) is 0 Å². The number of H-pyrrole nitrogens is 1. The Morgan fingerprint density at radius 3 is 2.41 bits per heavy atom. The van der Waals surface area contributed by atoms with Crippen molar-refractivity contribution in [1.29, 1.82) is 0 Å². The van der Waals surface area contributed by atoms with E-state index in [2.05, 4.69) is 39.8 Å². The minimum absolute atomic E-state index is 0.150. The van der Waals surface area contributed by atoms with E-state index in [-0.39, 0.29) is 40.5 Å². The quantitative estimate of drug-likeness (QED) is 0.267. The molecule has 0 spiro atoms. The van der Waals surface area contributed by atoms with Gasteiger partial charge in [-0.3, -0.25) is 9.59 Å². The molecule has 1 aliphatic rings. The summed E-state index contributed by atoms with van der Waals surface area (Å²) in [6.45, 7) is 9.69. The predicted molar refractivity (Wildman–Crippen MR) is 148 cm³/mol. The van der Waals surface area contributed by atoms with Gasteiger partial charge in [0.05, 0.1) is 52.7 Å². The van der Waals surface area contributed by atoms with Gasteiger partial charge in [-0.1, -0.05) is 34.5 Å². The molecule has 39 heavy (non-hydrogen) atoms. The van der Waals surface area contributed by atoms with Gasteiger partial charge in [-0.05, 0) is 27.2 Å². The number of carbonyl (C=O) groups excluding carboxylic acids is 3. The maximum absolute atomic E-state index is 12.7. The van der Waals surface area contributed by atoms with E-state index >= 15 is 0 Å². The SMILES string of the molecule is CC[NH2+]CC.COCCNC(=O)c1nc(N2CC[C@@H](NC(=O)c3[nH]c(C)c(Cl)c3Cl)[C@@H](OC)C2)sc1C(=O)[O-]. The van der Waals surface area contributed by atoms with Gasteiger partial charge in [0, 0.05) is 39.5 Å². The lowest BCUT2D eigenvalue weighted by atomic mass is 10.0. The topological polar surface area (TPSA) is 165 Å². The second kappa shape index (κ2) is 16.0. The highest BCUT2D eigenvalue weighted by Gasteiger charge is 2.34. The number of carboxylic acid groups (broad SMARTS) is 1. The Morgan fingerprint density at radius 1 is 1.21 bits per heavy atom. The second-order valence-electron chi connectivity index (χ2n) is 8.66. The number of thiazole rings is 1. The van der Waals surface area contributed by atoms with Gasteiger partial charge in [0.2, 0.25) is 0 Å². The summed E-state index contributed by atoms with van der Waals surface area (Å²) in [6.07, 6.45) is 0.0440. The zero-order valence-electron chi connectivity index (χ0n) is 22.7. The van der Waals surface area contributed by atoms with Crippen LogP contribution in [0.1, 0.15) is 56.6 Å². The highest BCUT2D eigenvalue weighted by molar-refractivity contribution is 7.17. The molecule has 2 atom stereocenters. The van der Waals surface area contributed by atoms with Crippen LogP contribution in [0.4, 0.5) is 5.13 Å². The number of carboxylic acids is 1. The van der Waals surface area contributed by atoms with Crippen molar-refractivity contribution in [2.75, 3.05) is 58.5 Å². The molecule has 3 rings (SSSR count). The molecule has 2 amide bonds. The van der Waals surface area contributed by atoms with Crippen molar-refractivity contribution in [3.8, 4) is 0 Å². The number of aromatic carboxylic acids is 1. The summed E-state index contributed by atoms with van der Waals surface area (Å²) in [4.78, 5) is 45.4. The molecule has 0 radical (unpaired) electrons. The van der Waals surface area contributed by atoms with Crippen molar-refractivity contribution in [3.63, 3.8) is 0 Å². The number of amides is 2. The number of nitrogens with zero attached hydrogens (tertiary/aromatic N) is 2. The Balaban J connectivity index is 0.000000976. The normalized spacial score (nSPS) is 16.8. The molecule has 218 valence electrons. The molecule has 3 heterocycles.